The van der Waals surface area contributed by atoms with Gasteiger partial charge in [-0.3, -0.25) is 4.79 Å². The van der Waals surface area contributed by atoms with Crippen LogP contribution in [0, 0.1) is 6.92 Å². The first-order chi connectivity index (χ1) is 13.0. The third-order valence-corrected chi connectivity index (χ3v) is 5.18. The van der Waals surface area contributed by atoms with Crippen molar-refractivity contribution in [2.45, 2.75) is 13.0 Å². The smallest absolute Gasteiger partial charge is 0.287 e. The van der Waals surface area contributed by atoms with Crippen LogP contribution >= 0.6 is 23.2 Å². The van der Waals surface area contributed by atoms with E-state index in [-0.39, 0.29) is 5.91 Å². The SMILES string of the molecule is COc1c(Cl)cc(Cl)cc1[C@H](C(=O)Nc1ccc(C)cc1)[NH+]1CCOCC1. The van der Waals surface area contributed by atoms with Gasteiger partial charge < -0.3 is 19.7 Å². The molecule has 5 nitrogen and oxygen atoms in total. The van der Waals surface area contributed by atoms with E-state index >= 15 is 0 Å². The molecule has 0 spiro atoms. The van der Waals surface area contributed by atoms with Crippen molar-refractivity contribution in [1.82, 2.24) is 0 Å². The van der Waals surface area contributed by atoms with Gasteiger partial charge in [-0.15, -0.1) is 0 Å². The molecule has 1 aliphatic heterocycles. The van der Waals surface area contributed by atoms with E-state index in [9.17, 15) is 4.79 Å². The molecule has 1 amide bonds. The maximum absolute atomic E-state index is 13.3. The summed E-state index contributed by atoms with van der Waals surface area (Å²) in [7, 11) is 1.54. The Labute approximate surface area is 169 Å². The van der Waals surface area contributed by atoms with Gasteiger partial charge >= 0.3 is 0 Å². The number of aryl methyl sites for hydroxylation is 1. The van der Waals surface area contributed by atoms with Crippen LogP contribution < -0.4 is 15.0 Å². The molecule has 27 heavy (non-hydrogen) atoms. The standard InChI is InChI=1S/C20H22Cl2N2O3/c1-13-3-5-15(6-4-13)23-20(25)18(24-7-9-27-10-8-24)16-11-14(21)12-17(22)19(16)26-2/h3-6,11-12,18H,7-10H2,1-2H3,(H,23,25)/p+1/t18-/m1/s1. The highest BCUT2D eigenvalue weighted by Crippen LogP contribution is 2.35. The number of amides is 1. The summed E-state index contributed by atoms with van der Waals surface area (Å²) in [5.74, 6) is 0.344. The monoisotopic (exact) mass is 409 g/mol. The number of carbonyl (C=O) groups is 1. The van der Waals surface area contributed by atoms with Crippen LogP contribution in [-0.2, 0) is 9.53 Å². The minimum Gasteiger partial charge on any atom is -0.495 e. The number of halogens is 2. The third-order valence-electron chi connectivity index (χ3n) is 4.68. The fourth-order valence-electron chi connectivity index (χ4n) is 3.33. The third kappa shape index (κ3) is 4.74. The number of hydrogen-bond donors (Lipinski definition) is 2. The van der Waals surface area contributed by atoms with Gasteiger partial charge in [0.1, 0.15) is 18.8 Å². The molecule has 2 aromatic rings. The van der Waals surface area contributed by atoms with Crippen LogP contribution in [0.4, 0.5) is 5.69 Å². The molecule has 144 valence electrons. The van der Waals surface area contributed by atoms with Crippen molar-refractivity contribution in [3.05, 3.63) is 57.6 Å². The summed E-state index contributed by atoms with van der Waals surface area (Å²) in [6.07, 6.45) is 0. The van der Waals surface area contributed by atoms with Crippen molar-refractivity contribution in [1.29, 1.82) is 0 Å². The highest BCUT2D eigenvalue weighted by atomic mass is 35.5. The summed E-state index contributed by atoms with van der Waals surface area (Å²) in [4.78, 5) is 14.4. The number of methoxy groups -OCH3 is 1. The summed E-state index contributed by atoms with van der Waals surface area (Å²) < 4.78 is 11.0. The molecule has 2 aromatic carbocycles. The fraction of sp³-hybridized carbons (Fsp3) is 0.350. The zero-order valence-corrected chi connectivity index (χ0v) is 16.9. The fourth-order valence-corrected chi connectivity index (χ4v) is 3.92. The van der Waals surface area contributed by atoms with E-state index in [2.05, 4.69) is 5.32 Å². The number of anilines is 1. The van der Waals surface area contributed by atoms with Crippen LogP contribution in [0.25, 0.3) is 0 Å². The van der Waals surface area contributed by atoms with Crippen LogP contribution in [0.3, 0.4) is 0 Å². The van der Waals surface area contributed by atoms with Gasteiger partial charge in [-0.05, 0) is 31.2 Å². The van der Waals surface area contributed by atoms with Crippen LogP contribution in [0.2, 0.25) is 10.0 Å². The summed E-state index contributed by atoms with van der Waals surface area (Å²) in [6, 6.07) is 10.6. The number of rotatable bonds is 5. The molecule has 0 saturated carbocycles. The predicted molar refractivity (Wildman–Crippen MR) is 107 cm³/mol. The lowest BCUT2D eigenvalue weighted by Gasteiger charge is -2.31. The summed E-state index contributed by atoms with van der Waals surface area (Å²) in [5, 5.41) is 3.87. The largest absolute Gasteiger partial charge is 0.495 e. The molecule has 1 fully saturated rings. The van der Waals surface area contributed by atoms with E-state index < -0.39 is 6.04 Å². The second-order valence-corrected chi connectivity index (χ2v) is 7.41. The number of ether oxygens (including phenoxy) is 2. The zero-order valence-electron chi connectivity index (χ0n) is 15.4. The van der Waals surface area contributed by atoms with Crippen molar-refractivity contribution in [2.75, 3.05) is 38.7 Å². The van der Waals surface area contributed by atoms with Gasteiger partial charge in [0.2, 0.25) is 0 Å². The summed E-state index contributed by atoms with van der Waals surface area (Å²) in [5.41, 5.74) is 2.55. The normalized spacial score (nSPS) is 16.0. The molecule has 0 unspecified atom stereocenters. The van der Waals surface area contributed by atoms with Gasteiger partial charge in [-0.2, -0.15) is 0 Å². The van der Waals surface area contributed by atoms with Gasteiger partial charge in [0, 0.05) is 10.7 Å². The first-order valence-corrected chi connectivity index (χ1v) is 9.58. The molecule has 1 aliphatic rings. The van der Waals surface area contributed by atoms with Crippen LogP contribution in [0.1, 0.15) is 17.2 Å². The van der Waals surface area contributed by atoms with Crippen molar-refractivity contribution in [3.63, 3.8) is 0 Å². The Kier molecular flexibility index (Phi) is 6.60. The number of benzene rings is 2. The maximum atomic E-state index is 13.3. The van der Waals surface area contributed by atoms with E-state index in [1.807, 2.05) is 31.2 Å². The molecule has 1 saturated heterocycles. The Bertz CT molecular complexity index is 806. The van der Waals surface area contributed by atoms with E-state index in [4.69, 9.17) is 32.7 Å². The minimum atomic E-state index is -0.513. The average Bonchev–Trinajstić information content (AvgIpc) is 2.64. The van der Waals surface area contributed by atoms with Gasteiger partial charge in [0.05, 0.1) is 30.9 Å². The molecule has 1 atom stereocenters. The summed E-state index contributed by atoms with van der Waals surface area (Å²) >= 11 is 12.6. The number of hydrogen-bond acceptors (Lipinski definition) is 3. The lowest BCUT2D eigenvalue weighted by molar-refractivity contribution is -0.929. The molecule has 7 heteroatoms. The molecule has 1 heterocycles. The number of morpholine rings is 1. The number of nitrogens with one attached hydrogen (secondary N) is 2. The first-order valence-electron chi connectivity index (χ1n) is 8.82. The van der Waals surface area contributed by atoms with Crippen LogP contribution in [0.15, 0.2) is 36.4 Å². The molecule has 0 radical (unpaired) electrons. The van der Waals surface area contributed by atoms with Gasteiger partial charge in [0.15, 0.2) is 6.04 Å². The highest BCUT2D eigenvalue weighted by Gasteiger charge is 2.36. The molecule has 0 aliphatic carbocycles. The molecule has 3 rings (SSSR count). The first kappa shape index (κ1) is 20.0. The lowest BCUT2D eigenvalue weighted by atomic mass is 10.0. The topological polar surface area (TPSA) is 52.0 Å². The van der Waals surface area contributed by atoms with Gasteiger partial charge in [-0.25, -0.2) is 0 Å². The van der Waals surface area contributed by atoms with Gasteiger partial charge in [-0.1, -0.05) is 40.9 Å². The predicted octanol–water partition coefficient (Wildman–Crippen LogP) is 2.91. The Morgan fingerprint density at radius 1 is 1.19 bits per heavy atom. The second-order valence-electron chi connectivity index (χ2n) is 6.57. The van der Waals surface area contributed by atoms with Crippen LogP contribution in [0.5, 0.6) is 5.75 Å². The Hall–Kier alpha value is -1.79. The zero-order chi connectivity index (χ0) is 19.4. The van der Waals surface area contributed by atoms with E-state index in [0.717, 1.165) is 16.2 Å². The molecule has 0 bridgehead atoms. The Morgan fingerprint density at radius 3 is 2.48 bits per heavy atom. The Morgan fingerprint density at radius 2 is 1.85 bits per heavy atom. The molecular weight excluding hydrogens is 387 g/mol. The van der Waals surface area contributed by atoms with Crippen molar-refractivity contribution in [2.24, 2.45) is 0 Å². The second kappa shape index (κ2) is 8.93. The maximum Gasteiger partial charge on any atom is 0.287 e. The van der Waals surface area contributed by atoms with E-state index in [1.165, 1.54) is 0 Å². The Balaban J connectivity index is 1.98. The molecular formula is C20H23Cl2N2O3+. The molecule has 0 aromatic heterocycles. The average molecular weight is 410 g/mol. The van der Waals surface area contributed by atoms with Crippen molar-refractivity contribution >= 4 is 34.8 Å². The van der Waals surface area contributed by atoms with Crippen molar-refractivity contribution in [3.8, 4) is 5.75 Å². The van der Waals surface area contributed by atoms with E-state index in [0.29, 0.717) is 47.7 Å². The molecule has 2 N–H and O–H groups in total. The number of quaternary nitrogens is 1. The highest BCUT2D eigenvalue weighted by molar-refractivity contribution is 6.35. The van der Waals surface area contributed by atoms with Gasteiger partial charge in [0.25, 0.3) is 5.91 Å². The summed E-state index contributed by atoms with van der Waals surface area (Å²) in [6.45, 7) is 4.62. The lowest BCUT2D eigenvalue weighted by Crippen LogP contribution is -3.15. The minimum absolute atomic E-state index is 0.132. The van der Waals surface area contributed by atoms with E-state index in [1.54, 1.807) is 19.2 Å². The van der Waals surface area contributed by atoms with Crippen molar-refractivity contribution < 1.29 is 19.2 Å². The van der Waals surface area contributed by atoms with Crippen LogP contribution in [-0.4, -0.2) is 39.3 Å². The number of carbonyl (C=O) groups excluding carboxylic acids is 1. The quantitative estimate of drug-likeness (QED) is 0.797.